The normalized spacial score (nSPS) is 10.3. The van der Waals surface area contributed by atoms with E-state index < -0.39 is 4.92 Å². The van der Waals surface area contributed by atoms with Crippen molar-refractivity contribution in [1.82, 2.24) is 9.97 Å². The van der Waals surface area contributed by atoms with E-state index in [-0.39, 0.29) is 5.69 Å². The summed E-state index contributed by atoms with van der Waals surface area (Å²) in [6.07, 6.45) is 0. The van der Waals surface area contributed by atoms with E-state index in [1.165, 1.54) is 12.1 Å². The summed E-state index contributed by atoms with van der Waals surface area (Å²) in [6, 6.07) is 6.45. The van der Waals surface area contributed by atoms with Crippen LogP contribution in [0, 0.1) is 24.0 Å². The van der Waals surface area contributed by atoms with E-state index in [2.05, 4.69) is 15.3 Å². The smallest absolute Gasteiger partial charge is 0.269 e. The highest BCUT2D eigenvalue weighted by atomic mass is 35.5. The number of aromatic nitrogens is 2. The Bertz CT molecular complexity index is 661. The number of halogens is 1. The summed E-state index contributed by atoms with van der Waals surface area (Å²) in [4.78, 5) is 18.6. The van der Waals surface area contributed by atoms with Crippen LogP contribution in [0.5, 0.6) is 0 Å². The maximum atomic E-state index is 10.7. The molecule has 0 radical (unpaired) electrons. The number of rotatable bonds is 4. The van der Waals surface area contributed by atoms with Gasteiger partial charge < -0.3 is 5.32 Å². The summed E-state index contributed by atoms with van der Waals surface area (Å²) >= 11 is 5.99. The highest BCUT2D eigenvalue weighted by Crippen LogP contribution is 2.21. The molecule has 7 heteroatoms. The molecule has 0 saturated carbocycles. The number of nitro groups is 1. The molecule has 2 rings (SSSR count). The van der Waals surface area contributed by atoms with Gasteiger partial charge in [-0.3, -0.25) is 10.1 Å². The number of aryl methyl sites for hydroxylation is 1. The number of benzene rings is 1. The van der Waals surface area contributed by atoms with Crippen LogP contribution in [0.2, 0.25) is 5.15 Å². The summed E-state index contributed by atoms with van der Waals surface area (Å²) in [7, 11) is 0. The molecule has 0 amide bonds. The first-order valence-electron chi connectivity index (χ1n) is 5.95. The Kier molecular flexibility index (Phi) is 4.14. The van der Waals surface area contributed by atoms with Gasteiger partial charge in [-0.1, -0.05) is 23.7 Å². The lowest BCUT2D eigenvalue weighted by atomic mass is 10.2. The third kappa shape index (κ3) is 3.21. The molecule has 0 aliphatic carbocycles. The average Bonchev–Trinajstić information content (AvgIpc) is 2.41. The first-order valence-corrected chi connectivity index (χ1v) is 6.33. The Morgan fingerprint density at radius 1 is 1.35 bits per heavy atom. The quantitative estimate of drug-likeness (QED) is 0.531. The summed E-state index contributed by atoms with van der Waals surface area (Å²) in [6.45, 7) is 4.00. The van der Waals surface area contributed by atoms with E-state index >= 15 is 0 Å². The van der Waals surface area contributed by atoms with Gasteiger partial charge in [0.1, 0.15) is 16.8 Å². The van der Waals surface area contributed by atoms with Crippen molar-refractivity contribution in [2.45, 2.75) is 20.4 Å². The van der Waals surface area contributed by atoms with Crippen LogP contribution in [0.4, 0.5) is 11.5 Å². The second-order valence-corrected chi connectivity index (χ2v) is 4.67. The van der Waals surface area contributed by atoms with Crippen molar-refractivity contribution in [2.24, 2.45) is 0 Å². The zero-order chi connectivity index (χ0) is 14.7. The minimum atomic E-state index is -0.416. The van der Waals surface area contributed by atoms with Crippen LogP contribution in [-0.4, -0.2) is 14.9 Å². The second-order valence-electron chi connectivity index (χ2n) is 4.32. The number of non-ortho nitro benzene ring substituents is 1. The number of hydrogen-bond acceptors (Lipinski definition) is 5. The fourth-order valence-electron chi connectivity index (χ4n) is 1.73. The van der Waals surface area contributed by atoms with Gasteiger partial charge >= 0.3 is 0 Å². The van der Waals surface area contributed by atoms with Gasteiger partial charge in [0.25, 0.3) is 5.69 Å². The zero-order valence-electron chi connectivity index (χ0n) is 11.1. The van der Waals surface area contributed by atoms with Crippen LogP contribution in [0.25, 0.3) is 0 Å². The molecular weight excluding hydrogens is 280 g/mol. The lowest BCUT2D eigenvalue weighted by Gasteiger charge is -2.10. The van der Waals surface area contributed by atoms with Crippen molar-refractivity contribution in [2.75, 3.05) is 5.32 Å². The molecule has 1 N–H and O–H groups in total. The molecule has 0 bridgehead atoms. The molecule has 0 spiro atoms. The maximum absolute atomic E-state index is 10.7. The fraction of sp³-hybridized carbons (Fsp3) is 0.231. The Balaban J connectivity index is 2.17. The fourth-order valence-corrected chi connectivity index (χ4v) is 1.94. The molecule has 0 saturated heterocycles. The highest BCUT2D eigenvalue weighted by molar-refractivity contribution is 6.30. The third-order valence-electron chi connectivity index (χ3n) is 2.78. The van der Waals surface area contributed by atoms with E-state index in [1.807, 2.05) is 13.0 Å². The summed E-state index contributed by atoms with van der Waals surface area (Å²) < 4.78 is 0. The molecule has 20 heavy (non-hydrogen) atoms. The van der Waals surface area contributed by atoms with E-state index in [4.69, 9.17) is 11.6 Å². The molecule has 0 atom stereocenters. The van der Waals surface area contributed by atoms with Crippen molar-refractivity contribution in [3.05, 3.63) is 56.5 Å². The molecule has 0 aliphatic heterocycles. The molecule has 1 heterocycles. The Morgan fingerprint density at radius 2 is 2.10 bits per heavy atom. The average molecular weight is 293 g/mol. The molecule has 104 valence electrons. The monoisotopic (exact) mass is 292 g/mol. The number of nitro benzene ring substituents is 1. The minimum absolute atomic E-state index is 0.0675. The molecular formula is C13H13ClN4O2. The van der Waals surface area contributed by atoms with Crippen molar-refractivity contribution >= 4 is 23.1 Å². The van der Waals surface area contributed by atoms with E-state index in [0.29, 0.717) is 23.3 Å². The number of nitrogens with zero attached hydrogens (tertiary/aromatic N) is 3. The van der Waals surface area contributed by atoms with Gasteiger partial charge in [-0.15, -0.1) is 0 Å². The van der Waals surface area contributed by atoms with Gasteiger partial charge in [0.15, 0.2) is 0 Å². The maximum Gasteiger partial charge on any atom is 0.269 e. The van der Waals surface area contributed by atoms with Crippen LogP contribution in [-0.2, 0) is 6.54 Å². The van der Waals surface area contributed by atoms with Crippen LogP contribution < -0.4 is 5.32 Å². The molecule has 0 aliphatic rings. The molecule has 0 fully saturated rings. The minimum Gasteiger partial charge on any atom is -0.366 e. The summed E-state index contributed by atoms with van der Waals surface area (Å²) in [5, 5.41) is 14.2. The zero-order valence-corrected chi connectivity index (χ0v) is 11.8. The topological polar surface area (TPSA) is 81.0 Å². The van der Waals surface area contributed by atoms with Gasteiger partial charge in [-0.2, -0.15) is 0 Å². The third-order valence-corrected chi connectivity index (χ3v) is 3.15. The van der Waals surface area contributed by atoms with Gasteiger partial charge in [0.05, 0.1) is 4.92 Å². The standard InChI is InChI=1S/C13H13ClN4O2/c1-8-12(14)16-9(2)17-13(8)15-7-10-4-3-5-11(6-10)18(19)20/h3-6H,7H2,1-2H3,(H,15,16,17). The van der Waals surface area contributed by atoms with Gasteiger partial charge in [0, 0.05) is 24.2 Å². The second kappa shape index (κ2) is 5.83. The highest BCUT2D eigenvalue weighted by Gasteiger charge is 2.09. The van der Waals surface area contributed by atoms with Gasteiger partial charge in [0.2, 0.25) is 0 Å². The molecule has 2 aromatic rings. The van der Waals surface area contributed by atoms with Crippen LogP contribution in [0.3, 0.4) is 0 Å². The van der Waals surface area contributed by atoms with Crippen LogP contribution >= 0.6 is 11.6 Å². The largest absolute Gasteiger partial charge is 0.366 e. The summed E-state index contributed by atoms with van der Waals surface area (Å²) in [5.74, 6) is 1.20. The van der Waals surface area contributed by atoms with Crippen LogP contribution in [0.15, 0.2) is 24.3 Å². The van der Waals surface area contributed by atoms with E-state index in [1.54, 1.807) is 13.0 Å². The lowest BCUT2D eigenvalue weighted by Crippen LogP contribution is -2.06. The Morgan fingerprint density at radius 3 is 2.80 bits per heavy atom. The predicted molar refractivity (Wildman–Crippen MR) is 76.9 cm³/mol. The molecule has 1 aromatic heterocycles. The van der Waals surface area contributed by atoms with Crippen molar-refractivity contribution < 1.29 is 4.92 Å². The number of hydrogen-bond donors (Lipinski definition) is 1. The van der Waals surface area contributed by atoms with Crippen LogP contribution in [0.1, 0.15) is 17.0 Å². The number of anilines is 1. The Hall–Kier alpha value is -2.21. The van der Waals surface area contributed by atoms with Gasteiger partial charge in [-0.05, 0) is 19.4 Å². The van der Waals surface area contributed by atoms with Crippen molar-refractivity contribution in [3.63, 3.8) is 0 Å². The van der Waals surface area contributed by atoms with Gasteiger partial charge in [-0.25, -0.2) is 9.97 Å². The van der Waals surface area contributed by atoms with Crippen molar-refractivity contribution in [1.29, 1.82) is 0 Å². The molecule has 1 aromatic carbocycles. The Labute approximate surface area is 121 Å². The summed E-state index contributed by atoms with van der Waals surface area (Å²) in [5.41, 5.74) is 1.62. The van der Waals surface area contributed by atoms with E-state index in [9.17, 15) is 10.1 Å². The predicted octanol–water partition coefficient (Wildman–Crippen LogP) is 3.27. The van der Waals surface area contributed by atoms with E-state index in [0.717, 1.165) is 11.1 Å². The molecule has 0 unspecified atom stereocenters. The molecule has 6 nitrogen and oxygen atoms in total. The first-order chi connectivity index (χ1) is 9.47. The number of nitrogens with one attached hydrogen (secondary N) is 1. The first kappa shape index (κ1) is 14.2. The SMILES string of the molecule is Cc1nc(Cl)c(C)c(NCc2cccc([N+](=O)[O-])c2)n1. The lowest BCUT2D eigenvalue weighted by molar-refractivity contribution is -0.384. The van der Waals surface area contributed by atoms with Crippen molar-refractivity contribution in [3.8, 4) is 0 Å².